The van der Waals surface area contributed by atoms with E-state index in [9.17, 15) is 12.8 Å². The molecule has 66 valence electrons. The van der Waals surface area contributed by atoms with Crippen molar-refractivity contribution in [3.05, 3.63) is 0 Å². The Hall–Kier alpha value is -0.160. The van der Waals surface area contributed by atoms with Gasteiger partial charge in [-0.25, -0.2) is 12.8 Å². The van der Waals surface area contributed by atoms with E-state index in [1.54, 1.807) is 0 Å². The summed E-state index contributed by atoms with van der Waals surface area (Å²) in [6, 6.07) is 0. The van der Waals surface area contributed by atoms with Crippen molar-refractivity contribution in [3.8, 4) is 0 Å². The zero-order valence-electron chi connectivity index (χ0n) is 6.38. The predicted octanol–water partition coefficient (Wildman–Crippen LogP) is -0.269. The summed E-state index contributed by atoms with van der Waals surface area (Å²) in [6.07, 6.45) is 0.244. The number of piperidine rings is 1. The normalized spacial score (nSPS) is 33.6. The Balaban J connectivity index is 2.70. The van der Waals surface area contributed by atoms with Crippen molar-refractivity contribution >= 4 is 9.84 Å². The molecule has 0 spiro atoms. The fourth-order valence-electron chi connectivity index (χ4n) is 1.28. The molecule has 0 unspecified atom stereocenters. The van der Waals surface area contributed by atoms with E-state index in [1.807, 2.05) is 0 Å². The molecular formula is C6H12FNO2S. The first-order valence-corrected chi connectivity index (χ1v) is 5.51. The van der Waals surface area contributed by atoms with Gasteiger partial charge in [0.1, 0.15) is 6.17 Å². The third kappa shape index (κ3) is 2.13. The van der Waals surface area contributed by atoms with Gasteiger partial charge in [-0.15, -0.1) is 0 Å². The minimum absolute atomic E-state index is 0.164. The first-order valence-electron chi connectivity index (χ1n) is 3.55. The van der Waals surface area contributed by atoms with Gasteiger partial charge in [-0.05, 0) is 13.0 Å². The molecule has 1 heterocycles. The van der Waals surface area contributed by atoms with Gasteiger partial charge < -0.3 is 5.32 Å². The Bertz CT molecular complexity index is 227. The third-order valence-electron chi connectivity index (χ3n) is 1.90. The van der Waals surface area contributed by atoms with E-state index in [-0.39, 0.29) is 6.54 Å². The van der Waals surface area contributed by atoms with Crippen molar-refractivity contribution in [2.24, 2.45) is 0 Å². The summed E-state index contributed by atoms with van der Waals surface area (Å²) in [5.41, 5.74) is 0. The third-order valence-corrected chi connectivity index (χ3v) is 3.53. The van der Waals surface area contributed by atoms with Gasteiger partial charge >= 0.3 is 0 Å². The maximum absolute atomic E-state index is 12.9. The number of alkyl halides is 1. The summed E-state index contributed by atoms with van der Waals surface area (Å²) in [4.78, 5) is 0. The van der Waals surface area contributed by atoms with Crippen LogP contribution < -0.4 is 5.32 Å². The van der Waals surface area contributed by atoms with Gasteiger partial charge in [-0.3, -0.25) is 0 Å². The lowest BCUT2D eigenvalue weighted by Gasteiger charge is -2.24. The minimum atomic E-state index is -3.19. The molecule has 1 N–H and O–H groups in total. The van der Waals surface area contributed by atoms with Gasteiger partial charge in [0.05, 0.1) is 5.25 Å². The Morgan fingerprint density at radius 1 is 1.55 bits per heavy atom. The molecular weight excluding hydrogens is 169 g/mol. The Labute approximate surface area is 65.9 Å². The maximum atomic E-state index is 12.9. The lowest BCUT2D eigenvalue weighted by atomic mass is 10.1. The zero-order valence-corrected chi connectivity index (χ0v) is 7.20. The van der Waals surface area contributed by atoms with Crippen LogP contribution in [0.15, 0.2) is 0 Å². The molecule has 0 aromatic carbocycles. The molecule has 11 heavy (non-hydrogen) atoms. The number of sulfone groups is 1. The maximum Gasteiger partial charge on any atom is 0.153 e. The zero-order chi connectivity index (χ0) is 8.48. The average Bonchev–Trinajstić information content (AvgIpc) is 1.86. The number of rotatable bonds is 1. The van der Waals surface area contributed by atoms with Gasteiger partial charge in [-0.1, -0.05) is 0 Å². The SMILES string of the molecule is CS(=O)(=O)[C@@H]1CCNC[C@H]1F. The number of halogens is 1. The fourth-order valence-corrected chi connectivity index (χ4v) is 2.46. The van der Waals surface area contributed by atoms with Crippen molar-refractivity contribution in [2.45, 2.75) is 17.8 Å². The van der Waals surface area contributed by atoms with Crippen LogP contribution in [-0.2, 0) is 9.84 Å². The van der Waals surface area contributed by atoms with Gasteiger partial charge in [-0.2, -0.15) is 0 Å². The number of hydrogen-bond acceptors (Lipinski definition) is 3. The van der Waals surface area contributed by atoms with E-state index in [1.165, 1.54) is 0 Å². The summed E-state index contributed by atoms with van der Waals surface area (Å²) in [6.45, 7) is 0.760. The molecule has 0 aliphatic carbocycles. The molecule has 5 heteroatoms. The lowest BCUT2D eigenvalue weighted by molar-refractivity contribution is 0.268. The smallest absolute Gasteiger partial charge is 0.153 e. The van der Waals surface area contributed by atoms with E-state index in [4.69, 9.17) is 0 Å². The highest BCUT2D eigenvalue weighted by Crippen LogP contribution is 2.15. The summed E-state index contributed by atoms with van der Waals surface area (Å²) < 4.78 is 34.8. The van der Waals surface area contributed by atoms with Crippen molar-refractivity contribution in [1.29, 1.82) is 0 Å². The van der Waals surface area contributed by atoms with Gasteiger partial charge in [0.15, 0.2) is 9.84 Å². The van der Waals surface area contributed by atoms with Crippen LogP contribution in [0, 0.1) is 0 Å². The fraction of sp³-hybridized carbons (Fsp3) is 1.00. The van der Waals surface area contributed by atoms with Crippen LogP contribution in [0.3, 0.4) is 0 Å². The average molecular weight is 181 g/mol. The van der Waals surface area contributed by atoms with Crippen LogP contribution in [0.25, 0.3) is 0 Å². The lowest BCUT2D eigenvalue weighted by Crippen LogP contribution is -2.45. The van der Waals surface area contributed by atoms with Crippen molar-refractivity contribution in [1.82, 2.24) is 5.32 Å². The molecule has 0 radical (unpaired) electrons. The highest BCUT2D eigenvalue weighted by Gasteiger charge is 2.32. The second-order valence-electron chi connectivity index (χ2n) is 2.88. The van der Waals surface area contributed by atoms with E-state index in [0.717, 1.165) is 6.26 Å². The molecule has 1 fully saturated rings. The van der Waals surface area contributed by atoms with Crippen LogP contribution in [-0.4, -0.2) is 39.2 Å². The van der Waals surface area contributed by atoms with E-state index < -0.39 is 21.3 Å². The van der Waals surface area contributed by atoms with Gasteiger partial charge in [0, 0.05) is 12.8 Å². The largest absolute Gasteiger partial charge is 0.314 e. The van der Waals surface area contributed by atoms with Crippen molar-refractivity contribution in [2.75, 3.05) is 19.3 Å². The summed E-state index contributed by atoms with van der Waals surface area (Å²) >= 11 is 0. The Morgan fingerprint density at radius 2 is 2.18 bits per heavy atom. The molecule has 1 saturated heterocycles. The molecule has 1 aliphatic rings. The van der Waals surface area contributed by atoms with Crippen LogP contribution in [0.1, 0.15) is 6.42 Å². The molecule has 0 amide bonds. The topological polar surface area (TPSA) is 46.2 Å². The van der Waals surface area contributed by atoms with E-state index >= 15 is 0 Å². The molecule has 1 aliphatic heterocycles. The van der Waals surface area contributed by atoms with Gasteiger partial charge in [0.2, 0.25) is 0 Å². The van der Waals surface area contributed by atoms with Gasteiger partial charge in [0.25, 0.3) is 0 Å². The number of nitrogens with one attached hydrogen (secondary N) is 1. The Kier molecular flexibility index (Phi) is 2.49. The molecule has 0 bridgehead atoms. The summed E-state index contributed by atoms with van der Waals surface area (Å²) in [5, 5.41) is 2.01. The highest BCUT2D eigenvalue weighted by molar-refractivity contribution is 7.91. The number of hydrogen-bond donors (Lipinski definition) is 1. The summed E-state index contributed by atoms with van der Waals surface area (Å²) in [7, 11) is -3.19. The van der Waals surface area contributed by atoms with E-state index in [2.05, 4.69) is 5.32 Å². The van der Waals surface area contributed by atoms with Crippen LogP contribution in [0.5, 0.6) is 0 Å². The van der Waals surface area contributed by atoms with Crippen molar-refractivity contribution < 1.29 is 12.8 Å². The first kappa shape index (κ1) is 8.93. The molecule has 3 nitrogen and oxygen atoms in total. The molecule has 0 aromatic heterocycles. The summed E-state index contributed by atoms with van der Waals surface area (Å²) in [5.74, 6) is 0. The second kappa shape index (κ2) is 3.06. The monoisotopic (exact) mass is 181 g/mol. The highest BCUT2D eigenvalue weighted by atomic mass is 32.2. The first-order chi connectivity index (χ1) is 5.02. The quantitative estimate of drug-likeness (QED) is 0.605. The molecule has 0 aromatic rings. The standard InChI is InChI=1S/C6H12FNO2S/c1-11(9,10)6-2-3-8-4-5(6)7/h5-6,8H,2-4H2,1H3/t5-,6-/m1/s1. The minimum Gasteiger partial charge on any atom is -0.314 e. The van der Waals surface area contributed by atoms with E-state index in [0.29, 0.717) is 13.0 Å². The van der Waals surface area contributed by atoms with Crippen LogP contribution in [0.4, 0.5) is 4.39 Å². The van der Waals surface area contributed by atoms with Crippen LogP contribution in [0.2, 0.25) is 0 Å². The second-order valence-corrected chi connectivity index (χ2v) is 5.14. The molecule has 2 atom stereocenters. The molecule has 0 saturated carbocycles. The molecule has 1 rings (SSSR count). The Morgan fingerprint density at radius 3 is 2.55 bits per heavy atom. The predicted molar refractivity (Wildman–Crippen MR) is 41.0 cm³/mol. The van der Waals surface area contributed by atoms with Crippen molar-refractivity contribution in [3.63, 3.8) is 0 Å². The van der Waals surface area contributed by atoms with Crippen LogP contribution >= 0.6 is 0 Å².